The van der Waals surface area contributed by atoms with Gasteiger partial charge in [0, 0.05) is 29.7 Å². The fraction of sp³-hybridized carbons (Fsp3) is 0.200. The summed E-state index contributed by atoms with van der Waals surface area (Å²) in [5.74, 6) is -0.126. The number of carbonyl (C=O) groups is 1. The third-order valence-electron chi connectivity index (χ3n) is 2.71. The quantitative estimate of drug-likeness (QED) is 0.880. The highest BCUT2D eigenvalue weighted by Gasteiger charge is 2.06. The molecule has 2 rings (SSSR count). The summed E-state index contributed by atoms with van der Waals surface area (Å²) in [5.41, 5.74) is 8.24. The lowest BCUT2D eigenvalue weighted by Gasteiger charge is -2.07. The lowest BCUT2D eigenvalue weighted by Crippen LogP contribution is -2.18. The molecule has 1 aromatic heterocycles. The number of nitrogens with zero attached hydrogens (tertiary/aromatic N) is 1. The van der Waals surface area contributed by atoms with Gasteiger partial charge in [-0.1, -0.05) is 12.1 Å². The Balaban J connectivity index is 2.04. The molecule has 4 heteroatoms. The van der Waals surface area contributed by atoms with Crippen LogP contribution in [0.5, 0.6) is 0 Å². The van der Waals surface area contributed by atoms with Crippen LogP contribution in [0.4, 0.5) is 5.69 Å². The smallest absolute Gasteiger partial charge is 0.255 e. The number of hydrogen-bond donors (Lipinski definition) is 2. The van der Waals surface area contributed by atoms with E-state index in [0.717, 1.165) is 17.7 Å². The van der Waals surface area contributed by atoms with Crippen molar-refractivity contribution in [3.63, 3.8) is 0 Å². The van der Waals surface area contributed by atoms with E-state index in [9.17, 15) is 4.79 Å². The van der Waals surface area contributed by atoms with Gasteiger partial charge in [0.05, 0.1) is 0 Å². The van der Waals surface area contributed by atoms with Crippen molar-refractivity contribution in [1.82, 2.24) is 4.98 Å². The Kier molecular flexibility index (Phi) is 4.26. The Morgan fingerprint density at radius 1 is 1.21 bits per heavy atom. The Labute approximate surface area is 112 Å². The van der Waals surface area contributed by atoms with E-state index in [2.05, 4.69) is 10.3 Å². The summed E-state index contributed by atoms with van der Waals surface area (Å²) < 4.78 is 0. The zero-order valence-electron chi connectivity index (χ0n) is 10.8. The van der Waals surface area contributed by atoms with Gasteiger partial charge in [0.2, 0.25) is 0 Å². The third-order valence-corrected chi connectivity index (χ3v) is 2.71. The number of aromatic nitrogens is 1. The first-order valence-corrected chi connectivity index (χ1v) is 6.21. The van der Waals surface area contributed by atoms with E-state index < -0.39 is 0 Å². The first kappa shape index (κ1) is 13.2. The minimum Gasteiger partial charge on any atom is -0.328 e. The molecule has 1 unspecified atom stereocenters. The van der Waals surface area contributed by atoms with Gasteiger partial charge >= 0.3 is 0 Å². The summed E-state index contributed by atoms with van der Waals surface area (Å²) >= 11 is 0. The van der Waals surface area contributed by atoms with Crippen molar-refractivity contribution in [1.29, 1.82) is 0 Å². The van der Waals surface area contributed by atoms with Gasteiger partial charge in [-0.15, -0.1) is 0 Å². The highest BCUT2D eigenvalue weighted by atomic mass is 16.1. The third kappa shape index (κ3) is 3.89. The molecule has 98 valence electrons. The maximum Gasteiger partial charge on any atom is 0.255 e. The number of nitrogens with two attached hydrogens (primary N) is 1. The molecule has 4 nitrogen and oxygen atoms in total. The van der Waals surface area contributed by atoms with Gasteiger partial charge in [-0.05, 0) is 43.2 Å². The Hall–Kier alpha value is -2.20. The fourth-order valence-electron chi connectivity index (χ4n) is 1.80. The highest BCUT2D eigenvalue weighted by Crippen LogP contribution is 2.10. The summed E-state index contributed by atoms with van der Waals surface area (Å²) in [5, 5.41) is 2.81. The maximum atomic E-state index is 12.0. The van der Waals surface area contributed by atoms with Gasteiger partial charge in [-0.3, -0.25) is 9.78 Å². The number of anilines is 1. The fourth-order valence-corrected chi connectivity index (χ4v) is 1.80. The second-order valence-corrected chi connectivity index (χ2v) is 4.57. The Bertz CT molecular complexity index is 535. The zero-order valence-corrected chi connectivity index (χ0v) is 10.8. The van der Waals surface area contributed by atoms with Crippen molar-refractivity contribution < 1.29 is 4.79 Å². The molecule has 1 aromatic carbocycles. The molecule has 1 heterocycles. The number of pyridine rings is 1. The van der Waals surface area contributed by atoms with Gasteiger partial charge in [0.25, 0.3) is 5.91 Å². The number of amides is 1. The van der Waals surface area contributed by atoms with Gasteiger partial charge < -0.3 is 11.1 Å². The zero-order chi connectivity index (χ0) is 13.7. The van der Waals surface area contributed by atoms with Crippen molar-refractivity contribution >= 4 is 11.6 Å². The van der Waals surface area contributed by atoms with Crippen LogP contribution < -0.4 is 11.1 Å². The highest BCUT2D eigenvalue weighted by molar-refractivity contribution is 6.04. The summed E-state index contributed by atoms with van der Waals surface area (Å²) in [6.07, 6.45) is 4.09. The topological polar surface area (TPSA) is 68.0 Å². The predicted octanol–water partition coefficient (Wildman–Crippen LogP) is 2.22. The molecular formula is C15H17N3O. The predicted molar refractivity (Wildman–Crippen MR) is 76.0 cm³/mol. The molecule has 0 fully saturated rings. The van der Waals surface area contributed by atoms with Crippen LogP contribution in [0.15, 0.2) is 48.8 Å². The van der Waals surface area contributed by atoms with E-state index in [0.29, 0.717) is 5.56 Å². The first-order valence-electron chi connectivity index (χ1n) is 6.21. The average Bonchev–Trinajstić information content (AvgIpc) is 2.40. The molecule has 0 aliphatic rings. The molecule has 19 heavy (non-hydrogen) atoms. The summed E-state index contributed by atoms with van der Waals surface area (Å²) in [6, 6.07) is 11.1. The summed E-state index contributed by atoms with van der Waals surface area (Å²) in [6.45, 7) is 1.96. The minimum atomic E-state index is -0.126. The number of nitrogens with one attached hydrogen (secondary N) is 1. The second-order valence-electron chi connectivity index (χ2n) is 4.57. The van der Waals surface area contributed by atoms with E-state index in [-0.39, 0.29) is 11.9 Å². The largest absolute Gasteiger partial charge is 0.328 e. The Morgan fingerprint density at radius 2 is 1.84 bits per heavy atom. The van der Waals surface area contributed by atoms with E-state index in [4.69, 9.17) is 5.73 Å². The first-order chi connectivity index (χ1) is 9.15. The van der Waals surface area contributed by atoms with Crippen molar-refractivity contribution in [2.75, 3.05) is 5.32 Å². The Morgan fingerprint density at radius 3 is 2.42 bits per heavy atom. The van der Waals surface area contributed by atoms with Crippen molar-refractivity contribution in [3.8, 4) is 0 Å². The van der Waals surface area contributed by atoms with E-state index >= 15 is 0 Å². The molecule has 0 aliphatic carbocycles. The number of carbonyl (C=O) groups excluding carboxylic acids is 1. The molecule has 1 amide bonds. The van der Waals surface area contributed by atoms with E-state index in [1.165, 1.54) is 0 Å². The molecule has 1 atom stereocenters. The number of hydrogen-bond acceptors (Lipinski definition) is 3. The standard InChI is InChI=1S/C15H17N3O/c1-11(16)10-12-2-4-13(5-3-12)15(19)18-14-6-8-17-9-7-14/h2-9,11H,10,16H2,1H3,(H,17,18,19). The molecule has 3 N–H and O–H groups in total. The van der Waals surface area contributed by atoms with E-state index in [1.54, 1.807) is 24.5 Å². The van der Waals surface area contributed by atoms with Crippen molar-refractivity contribution in [2.45, 2.75) is 19.4 Å². The van der Waals surface area contributed by atoms with Crippen LogP contribution >= 0.6 is 0 Å². The monoisotopic (exact) mass is 255 g/mol. The average molecular weight is 255 g/mol. The van der Waals surface area contributed by atoms with Crippen LogP contribution in [0.2, 0.25) is 0 Å². The van der Waals surface area contributed by atoms with Crippen molar-refractivity contribution in [3.05, 3.63) is 59.9 Å². The minimum absolute atomic E-state index is 0.122. The molecule has 0 spiro atoms. The lowest BCUT2D eigenvalue weighted by atomic mass is 10.1. The van der Waals surface area contributed by atoms with Gasteiger partial charge in [-0.25, -0.2) is 0 Å². The summed E-state index contributed by atoms with van der Waals surface area (Å²) in [7, 11) is 0. The molecule has 0 saturated carbocycles. The molecule has 0 radical (unpaired) electrons. The van der Waals surface area contributed by atoms with E-state index in [1.807, 2.05) is 31.2 Å². The van der Waals surface area contributed by atoms with Crippen LogP contribution in [0.1, 0.15) is 22.8 Å². The van der Waals surface area contributed by atoms with Crippen LogP contribution in [0.3, 0.4) is 0 Å². The van der Waals surface area contributed by atoms with Crippen LogP contribution in [-0.4, -0.2) is 16.9 Å². The van der Waals surface area contributed by atoms with Crippen molar-refractivity contribution in [2.24, 2.45) is 5.73 Å². The van der Waals surface area contributed by atoms with Crippen LogP contribution in [-0.2, 0) is 6.42 Å². The summed E-state index contributed by atoms with van der Waals surface area (Å²) in [4.78, 5) is 15.9. The number of benzene rings is 1. The maximum absolute atomic E-state index is 12.0. The number of rotatable bonds is 4. The molecular weight excluding hydrogens is 238 g/mol. The molecule has 0 aliphatic heterocycles. The second kappa shape index (κ2) is 6.11. The van der Waals surface area contributed by atoms with Crippen LogP contribution in [0, 0.1) is 0 Å². The SMILES string of the molecule is CC(N)Cc1ccc(C(=O)Nc2ccncc2)cc1. The van der Waals surface area contributed by atoms with Gasteiger partial charge in [0.1, 0.15) is 0 Å². The molecule has 0 saturated heterocycles. The lowest BCUT2D eigenvalue weighted by molar-refractivity contribution is 0.102. The van der Waals surface area contributed by atoms with Crippen LogP contribution in [0.25, 0.3) is 0 Å². The molecule has 0 bridgehead atoms. The van der Waals surface area contributed by atoms with Gasteiger partial charge in [-0.2, -0.15) is 0 Å². The normalized spacial score (nSPS) is 11.9. The molecule has 2 aromatic rings. The van der Waals surface area contributed by atoms with Gasteiger partial charge in [0.15, 0.2) is 0 Å².